The van der Waals surface area contributed by atoms with E-state index in [1.54, 1.807) is 43.9 Å². The molecule has 1 aromatic carbocycles. The molecule has 13 heteroatoms. The van der Waals surface area contributed by atoms with E-state index in [9.17, 15) is 28.4 Å². The van der Waals surface area contributed by atoms with Crippen LogP contribution in [0, 0.1) is 11.7 Å². The zero-order chi connectivity index (χ0) is 35.9. The number of pyridine rings is 1. The molecule has 1 atom stereocenters. The van der Waals surface area contributed by atoms with Crippen molar-refractivity contribution in [1.29, 1.82) is 0 Å². The minimum atomic E-state index is -1.07. The van der Waals surface area contributed by atoms with Crippen LogP contribution in [0.3, 0.4) is 0 Å². The largest absolute Gasteiger partial charge is 0.453 e. The summed E-state index contributed by atoms with van der Waals surface area (Å²) in [6, 6.07) is 6.33. The fourth-order valence-corrected chi connectivity index (χ4v) is 5.79. The lowest BCUT2D eigenvalue weighted by Crippen LogP contribution is -2.44. The SMILES string of the molecule is COC(=O)N[C@@H](CC/C=C/C(=O)N1CCCC1)C(=O)Nc1cccn(Cc2cc3cc(F)cc(CC(C)C)c3n2C(=O)OC(C)(C)C)c1=O. The number of nitrogens with one attached hydrogen (secondary N) is 2. The number of likely N-dealkylation sites (tertiary alicyclic amines) is 1. The molecule has 0 saturated carbocycles. The van der Waals surface area contributed by atoms with Gasteiger partial charge in [-0.25, -0.2) is 18.5 Å². The quantitative estimate of drug-likeness (QED) is 0.252. The maximum atomic E-state index is 14.7. The minimum Gasteiger partial charge on any atom is -0.453 e. The van der Waals surface area contributed by atoms with Crippen molar-refractivity contribution >= 4 is 40.6 Å². The van der Waals surface area contributed by atoms with Gasteiger partial charge in [-0.15, -0.1) is 0 Å². The number of hydrogen-bond donors (Lipinski definition) is 2. The molecule has 2 N–H and O–H groups in total. The van der Waals surface area contributed by atoms with Gasteiger partial charge >= 0.3 is 12.2 Å². The van der Waals surface area contributed by atoms with E-state index >= 15 is 0 Å². The monoisotopic (exact) mass is 679 g/mol. The van der Waals surface area contributed by atoms with Gasteiger partial charge in [-0.05, 0) is 101 Å². The van der Waals surface area contributed by atoms with E-state index < -0.39 is 41.1 Å². The van der Waals surface area contributed by atoms with E-state index in [0.717, 1.165) is 12.8 Å². The molecule has 0 bridgehead atoms. The Morgan fingerprint density at radius 1 is 1.08 bits per heavy atom. The molecule has 0 aliphatic carbocycles. The second-order valence-corrected chi connectivity index (χ2v) is 13.6. The summed E-state index contributed by atoms with van der Waals surface area (Å²) in [5.74, 6) is -1.03. The summed E-state index contributed by atoms with van der Waals surface area (Å²) in [6.45, 7) is 10.6. The molecule has 3 heterocycles. The van der Waals surface area contributed by atoms with Crippen molar-refractivity contribution in [3.8, 4) is 0 Å². The first-order valence-electron chi connectivity index (χ1n) is 16.5. The molecule has 264 valence electrons. The van der Waals surface area contributed by atoms with Crippen LogP contribution in [0.1, 0.15) is 71.6 Å². The number of hydrogen-bond acceptors (Lipinski definition) is 7. The van der Waals surface area contributed by atoms with Gasteiger partial charge in [0.2, 0.25) is 11.8 Å². The van der Waals surface area contributed by atoms with E-state index in [1.807, 2.05) is 13.8 Å². The van der Waals surface area contributed by atoms with Crippen molar-refractivity contribution in [2.24, 2.45) is 5.92 Å². The van der Waals surface area contributed by atoms with E-state index in [1.165, 1.54) is 46.7 Å². The van der Waals surface area contributed by atoms with Crippen LogP contribution in [0.2, 0.25) is 0 Å². The average molecular weight is 680 g/mol. The van der Waals surface area contributed by atoms with Gasteiger partial charge in [0.15, 0.2) is 0 Å². The lowest BCUT2D eigenvalue weighted by Gasteiger charge is -2.22. The normalized spacial score (nSPS) is 14.0. The third-order valence-corrected chi connectivity index (χ3v) is 7.92. The number of alkyl carbamates (subject to hydrolysis) is 1. The van der Waals surface area contributed by atoms with Crippen molar-refractivity contribution in [3.05, 3.63) is 76.1 Å². The molecule has 0 unspecified atom stereocenters. The van der Waals surface area contributed by atoms with Crippen LogP contribution < -0.4 is 16.2 Å². The number of fused-ring (bicyclic) bond motifs is 1. The Morgan fingerprint density at radius 2 is 1.80 bits per heavy atom. The highest BCUT2D eigenvalue weighted by Gasteiger charge is 2.26. The van der Waals surface area contributed by atoms with E-state index in [0.29, 0.717) is 48.1 Å². The number of aromatic nitrogens is 2. The van der Waals surface area contributed by atoms with Crippen molar-refractivity contribution in [3.63, 3.8) is 0 Å². The van der Waals surface area contributed by atoms with Crippen LogP contribution in [0.25, 0.3) is 10.9 Å². The fraction of sp³-hybridized carbons (Fsp3) is 0.472. The number of amides is 3. The number of rotatable bonds is 11. The zero-order valence-electron chi connectivity index (χ0n) is 29.0. The average Bonchev–Trinajstić information content (AvgIpc) is 3.68. The number of nitrogens with zero attached hydrogens (tertiary/aromatic N) is 3. The Morgan fingerprint density at radius 3 is 2.45 bits per heavy atom. The molecule has 2 aromatic heterocycles. The molecule has 12 nitrogen and oxygen atoms in total. The maximum absolute atomic E-state index is 14.7. The summed E-state index contributed by atoms with van der Waals surface area (Å²) in [6.07, 6.45) is 6.02. The molecule has 0 radical (unpaired) electrons. The number of carbonyl (C=O) groups excluding carboxylic acids is 4. The maximum Gasteiger partial charge on any atom is 0.419 e. The van der Waals surface area contributed by atoms with Gasteiger partial charge in [-0.2, -0.15) is 0 Å². The molecule has 0 spiro atoms. The van der Waals surface area contributed by atoms with Crippen LogP contribution in [0.15, 0.2) is 53.5 Å². The first-order chi connectivity index (χ1) is 23.2. The van der Waals surface area contributed by atoms with Gasteiger partial charge in [-0.1, -0.05) is 19.9 Å². The van der Waals surface area contributed by atoms with Gasteiger partial charge in [0, 0.05) is 24.7 Å². The molecule has 49 heavy (non-hydrogen) atoms. The van der Waals surface area contributed by atoms with Crippen LogP contribution in [-0.2, 0) is 32.0 Å². The second kappa shape index (κ2) is 16.0. The third kappa shape index (κ3) is 9.80. The smallest absolute Gasteiger partial charge is 0.419 e. The highest BCUT2D eigenvalue weighted by Crippen LogP contribution is 2.29. The molecular formula is C36H46FN5O7. The van der Waals surface area contributed by atoms with Crippen LogP contribution >= 0.6 is 0 Å². The predicted molar refractivity (Wildman–Crippen MR) is 184 cm³/mol. The van der Waals surface area contributed by atoms with Gasteiger partial charge in [-0.3, -0.25) is 14.4 Å². The lowest BCUT2D eigenvalue weighted by atomic mass is 10.0. The van der Waals surface area contributed by atoms with Gasteiger partial charge in [0.1, 0.15) is 23.1 Å². The first-order valence-corrected chi connectivity index (χ1v) is 16.5. The summed E-state index contributed by atoms with van der Waals surface area (Å²) in [4.78, 5) is 66.7. The Hall–Kier alpha value is -4.94. The summed E-state index contributed by atoms with van der Waals surface area (Å²) in [5.41, 5.74) is 0.0670. The number of allylic oxidation sites excluding steroid dienone is 1. The molecule has 3 amide bonds. The first kappa shape index (κ1) is 36.9. The topological polar surface area (TPSA) is 141 Å². The third-order valence-electron chi connectivity index (χ3n) is 7.92. The van der Waals surface area contributed by atoms with E-state index in [-0.39, 0.29) is 30.5 Å². The number of anilines is 1. The zero-order valence-corrected chi connectivity index (χ0v) is 29.0. The highest BCUT2D eigenvalue weighted by atomic mass is 19.1. The van der Waals surface area contributed by atoms with E-state index in [2.05, 4.69) is 15.4 Å². The Labute approximate surface area is 285 Å². The lowest BCUT2D eigenvalue weighted by molar-refractivity contribution is -0.125. The van der Waals surface area contributed by atoms with Crippen LogP contribution in [0.4, 0.5) is 19.7 Å². The summed E-state index contributed by atoms with van der Waals surface area (Å²) in [7, 11) is 1.17. The van der Waals surface area contributed by atoms with Crippen molar-refractivity contribution in [1.82, 2.24) is 19.4 Å². The number of methoxy groups -OCH3 is 1. The van der Waals surface area contributed by atoms with Gasteiger partial charge in [0.05, 0.1) is 24.9 Å². The Balaban J connectivity index is 1.60. The summed E-state index contributed by atoms with van der Waals surface area (Å²) >= 11 is 0. The second-order valence-electron chi connectivity index (χ2n) is 13.6. The van der Waals surface area contributed by atoms with Gasteiger partial charge < -0.3 is 29.6 Å². The van der Waals surface area contributed by atoms with Gasteiger partial charge in [0.25, 0.3) is 5.56 Å². The molecular weight excluding hydrogens is 633 g/mol. The van der Waals surface area contributed by atoms with Crippen molar-refractivity contribution < 1.29 is 33.0 Å². The summed E-state index contributed by atoms with van der Waals surface area (Å²) < 4.78 is 27.8. The molecule has 1 aliphatic heterocycles. The van der Waals surface area contributed by atoms with Crippen LogP contribution in [0.5, 0.6) is 0 Å². The Bertz CT molecular complexity index is 1780. The molecule has 1 fully saturated rings. The van der Waals surface area contributed by atoms with Crippen molar-refractivity contribution in [2.45, 2.75) is 84.9 Å². The minimum absolute atomic E-state index is 0.0598. The number of ether oxygens (including phenoxy) is 2. The predicted octanol–water partition coefficient (Wildman–Crippen LogP) is 5.59. The Kier molecular flexibility index (Phi) is 12.0. The number of benzene rings is 1. The molecule has 4 rings (SSSR count). The molecule has 1 aliphatic rings. The summed E-state index contributed by atoms with van der Waals surface area (Å²) in [5, 5.41) is 5.58. The standard InChI is InChI=1S/C36H46FN5O7/c1-23(2)18-24-19-26(37)20-25-21-27(42(31(24)25)35(47)49-36(3,4)5)22-41-17-11-13-29(33(41)45)38-32(44)28(39-34(46)48-6)12-7-8-14-30(43)40-15-9-10-16-40/h8,11,13-14,17,19-21,23,28H,7,9-10,12,15-16,18,22H2,1-6H3,(H,38,44)(H,39,46)/b14-8+/t28-/m0/s1. The van der Waals surface area contributed by atoms with Crippen molar-refractivity contribution in [2.75, 3.05) is 25.5 Å². The molecule has 3 aromatic rings. The van der Waals surface area contributed by atoms with E-state index in [4.69, 9.17) is 4.74 Å². The van der Waals surface area contributed by atoms with Crippen LogP contribution in [-0.4, -0.2) is 69.9 Å². The number of carbonyl (C=O) groups is 4. The number of halogens is 1. The highest BCUT2D eigenvalue weighted by molar-refractivity contribution is 5.96. The fourth-order valence-electron chi connectivity index (χ4n) is 5.79. The molecule has 1 saturated heterocycles.